The number of phenols is 1. The van der Waals surface area contributed by atoms with Crippen molar-refractivity contribution in [2.75, 3.05) is 0 Å². The Balaban J connectivity index is 0. The average Bonchev–Trinajstić information content (AvgIpc) is 2.62. The summed E-state index contributed by atoms with van der Waals surface area (Å²) in [6, 6.07) is 5.97. The van der Waals surface area contributed by atoms with E-state index in [9.17, 15) is 10.2 Å². The first-order chi connectivity index (χ1) is 12.2. The van der Waals surface area contributed by atoms with Gasteiger partial charge < -0.3 is 10.2 Å². The van der Waals surface area contributed by atoms with Crippen molar-refractivity contribution in [3.8, 4) is 5.75 Å². The van der Waals surface area contributed by atoms with Crippen LogP contribution < -0.4 is 0 Å². The zero-order valence-electron chi connectivity index (χ0n) is 17.6. The van der Waals surface area contributed by atoms with Crippen molar-refractivity contribution >= 4 is 15.9 Å². The molecule has 1 aromatic rings. The highest BCUT2D eigenvalue weighted by Gasteiger charge is 2.17. The van der Waals surface area contributed by atoms with Gasteiger partial charge in [-0.1, -0.05) is 85.8 Å². The van der Waals surface area contributed by atoms with E-state index in [1.54, 1.807) is 12.2 Å². The molecule has 0 aliphatic heterocycles. The van der Waals surface area contributed by atoms with Crippen molar-refractivity contribution in [1.82, 2.24) is 0 Å². The van der Waals surface area contributed by atoms with E-state index < -0.39 is 0 Å². The molecule has 3 heteroatoms. The molecule has 0 saturated heterocycles. The second-order valence-corrected chi connectivity index (χ2v) is 7.44. The van der Waals surface area contributed by atoms with Crippen LogP contribution in [0.3, 0.4) is 0 Å². The van der Waals surface area contributed by atoms with Gasteiger partial charge in [-0.25, -0.2) is 0 Å². The summed E-state index contributed by atoms with van der Waals surface area (Å²) in [5, 5.41) is 19.0. The van der Waals surface area contributed by atoms with Crippen LogP contribution in [0.4, 0.5) is 0 Å². The lowest BCUT2D eigenvalue weighted by Crippen LogP contribution is -2.11. The van der Waals surface area contributed by atoms with E-state index in [1.807, 2.05) is 32.1 Å². The summed E-state index contributed by atoms with van der Waals surface area (Å²) in [4.78, 5) is 0. The molecule has 0 spiro atoms. The smallest absolute Gasteiger partial charge is 0.129 e. The molecule has 0 fully saturated rings. The highest BCUT2D eigenvalue weighted by Crippen LogP contribution is 2.31. The molecule has 0 amide bonds. The third kappa shape index (κ3) is 11.2. The van der Waals surface area contributed by atoms with Crippen molar-refractivity contribution in [2.24, 2.45) is 0 Å². The van der Waals surface area contributed by atoms with E-state index in [1.165, 1.54) is 5.56 Å². The van der Waals surface area contributed by atoms with Gasteiger partial charge in [-0.15, -0.1) is 0 Å². The second kappa shape index (κ2) is 14.7. The summed E-state index contributed by atoms with van der Waals surface area (Å²) in [6.07, 6.45) is 8.22. The molecule has 0 aliphatic carbocycles. The van der Waals surface area contributed by atoms with Crippen molar-refractivity contribution in [1.29, 1.82) is 0 Å². The Morgan fingerprint density at radius 2 is 1.77 bits per heavy atom. The first-order valence-electron chi connectivity index (χ1n) is 9.37. The molecule has 0 unspecified atom stereocenters. The number of phenolic OH excluding ortho intramolecular Hbond substituents is 1. The molecule has 2 nitrogen and oxygen atoms in total. The third-order valence-corrected chi connectivity index (χ3v) is 4.16. The van der Waals surface area contributed by atoms with E-state index in [2.05, 4.69) is 63.2 Å². The molecule has 1 aromatic carbocycles. The van der Waals surface area contributed by atoms with Crippen LogP contribution in [0.5, 0.6) is 5.75 Å². The van der Waals surface area contributed by atoms with Crippen LogP contribution in [-0.4, -0.2) is 10.2 Å². The summed E-state index contributed by atoms with van der Waals surface area (Å²) >= 11 is 3.15. The van der Waals surface area contributed by atoms with Crippen LogP contribution in [-0.2, 0) is 11.8 Å². The minimum absolute atomic E-state index is 0.0242. The Morgan fingerprint density at radius 3 is 2.15 bits per heavy atom. The molecule has 1 rings (SSSR count). The van der Waals surface area contributed by atoms with Gasteiger partial charge in [0.2, 0.25) is 0 Å². The van der Waals surface area contributed by atoms with Gasteiger partial charge in [0.25, 0.3) is 0 Å². The van der Waals surface area contributed by atoms with Crippen LogP contribution in [0.25, 0.3) is 0 Å². The predicted octanol–water partition coefficient (Wildman–Crippen LogP) is 7.97. The maximum atomic E-state index is 9.76. The van der Waals surface area contributed by atoms with Gasteiger partial charge in [-0.2, -0.15) is 0 Å². The summed E-state index contributed by atoms with van der Waals surface area (Å²) < 4.78 is 0.629. The molecule has 0 bridgehead atoms. The SMILES string of the molecule is C=C/C(Br)=C(O)\C=C/CCC.CC.CCc1ccc(C(C)(C)C)c(O)c1. The van der Waals surface area contributed by atoms with Crippen LogP contribution in [0.1, 0.15) is 72.4 Å². The minimum Gasteiger partial charge on any atom is -0.508 e. The number of aryl methyl sites for hydroxylation is 1. The first-order valence-corrected chi connectivity index (χ1v) is 10.2. The number of aliphatic hydroxyl groups is 1. The standard InChI is InChI=1S/C12H18O.C9H13BrO.C2H6/c1-5-9-6-7-10(11(13)8-9)12(2,3)4;1-3-5-6-7-9(11)8(10)4-2;1-2/h6-8,13H,5H2,1-4H3;4,6-7,11H,2-3,5H2,1H3;1-2H3/b;7-6-,9-8-;. The van der Waals surface area contributed by atoms with Crippen LogP contribution >= 0.6 is 15.9 Å². The molecule has 0 aliphatic rings. The number of aliphatic hydroxyl groups excluding tert-OH is 1. The van der Waals surface area contributed by atoms with E-state index in [-0.39, 0.29) is 11.2 Å². The Morgan fingerprint density at radius 1 is 1.19 bits per heavy atom. The molecule has 0 saturated carbocycles. The molecule has 0 atom stereocenters. The number of halogens is 1. The van der Waals surface area contributed by atoms with Gasteiger partial charge in [0, 0.05) is 0 Å². The van der Waals surface area contributed by atoms with Crippen LogP contribution in [0.15, 0.2) is 53.2 Å². The van der Waals surface area contributed by atoms with Crippen molar-refractivity contribution in [2.45, 2.75) is 73.1 Å². The lowest BCUT2D eigenvalue weighted by Gasteiger charge is -2.20. The van der Waals surface area contributed by atoms with Gasteiger partial charge in [-0.05, 0) is 57.5 Å². The average molecular weight is 425 g/mol. The Kier molecular flexibility index (Phi) is 15.1. The molecule has 26 heavy (non-hydrogen) atoms. The molecule has 0 radical (unpaired) electrons. The minimum atomic E-state index is 0.0242. The monoisotopic (exact) mass is 424 g/mol. The summed E-state index contributed by atoms with van der Waals surface area (Å²) in [7, 11) is 0. The fourth-order valence-corrected chi connectivity index (χ4v) is 2.11. The Labute approximate surface area is 169 Å². The lowest BCUT2D eigenvalue weighted by molar-refractivity contribution is 0.431. The zero-order valence-corrected chi connectivity index (χ0v) is 19.2. The fraction of sp³-hybridized carbons (Fsp3) is 0.478. The maximum absolute atomic E-state index is 9.76. The highest BCUT2D eigenvalue weighted by molar-refractivity contribution is 9.11. The van der Waals surface area contributed by atoms with Crippen molar-refractivity contribution in [3.05, 3.63) is 64.4 Å². The number of aromatic hydroxyl groups is 1. The Hall–Kier alpha value is -1.48. The topological polar surface area (TPSA) is 40.5 Å². The number of benzene rings is 1. The Bertz CT molecular complexity index is 578. The summed E-state index contributed by atoms with van der Waals surface area (Å²) in [5.74, 6) is 0.653. The first kappa shape index (κ1) is 26.7. The number of hydrogen-bond donors (Lipinski definition) is 2. The highest BCUT2D eigenvalue weighted by atomic mass is 79.9. The maximum Gasteiger partial charge on any atom is 0.129 e. The van der Waals surface area contributed by atoms with Gasteiger partial charge >= 0.3 is 0 Å². The predicted molar refractivity (Wildman–Crippen MR) is 120 cm³/mol. The van der Waals surface area contributed by atoms with E-state index in [0.717, 1.165) is 24.8 Å². The largest absolute Gasteiger partial charge is 0.508 e. The van der Waals surface area contributed by atoms with Crippen molar-refractivity contribution in [3.63, 3.8) is 0 Å². The quantitative estimate of drug-likeness (QED) is 0.371. The van der Waals surface area contributed by atoms with E-state index in [0.29, 0.717) is 10.2 Å². The van der Waals surface area contributed by atoms with Gasteiger partial charge in [0.1, 0.15) is 11.5 Å². The molecule has 0 aromatic heterocycles. The second-order valence-electron chi connectivity index (χ2n) is 6.58. The zero-order chi connectivity index (χ0) is 20.8. The normalized spacial score (nSPS) is 11.7. The van der Waals surface area contributed by atoms with Gasteiger partial charge in [-0.3, -0.25) is 0 Å². The number of unbranched alkanes of at least 4 members (excludes halogenated alkanes) is 1. The molecule has 0 heterocycles. The summed E-state index contributed by atoms with van der Waals surface area (Å²) in [5.41, 5.74) is 2.23. The number of hydrogen-bond acceptors (Lipinski definition) is 2. The van der Waals surface area contributed by atoms with E-state index >= 15 is 0 Å². The lowest BCUT2D eigenvalue weighted by atomic mass is 9.86. The molecular formula is C23H37BrO2. The van der Waals surface area contributed by atoms with Crippen LogP contribution in [0.2, 0.25) is 0 Å². The fourth-order valence-electron chi connectivity index (χ4n) is 1.98. The molecular weight excluding hydrogens is 388 g/mol. The third-order valence-electron chi connectivity index (χ3n) is 3.43. The van der Waals surface area contributed by atoms with Crippen molar-refractivity contribution < 1.29 is 10.2 Å². The number of rotatable bonds is 5. The van der Waals surface area contributed by atoms with Gasteiger partial charge in [0.15, 0.2) is 0 Å². The van der Waals surface area contributed by atoms with Gasteiger partial charge in [0.05, 0.1) is 4.48 Å². The van der Waals surface area contributed by atoms with Crippen LogP contribution in [0, 0.1) is 0 Å². The summed E-state index contributed by atoms with van der Waals surface area (Å²) in [6.45, 7) is 18.0. The molecule has 148 valence electrons. The molecule has 2 N–H and O–H groups in total. The number of allylic oxidation sites excluding steroid dienone is 4. The van der Waals surface area contributed by atoms with E-state index in [4.69, 9.17) is 0 Å².